The van der Waals surface area contributed by atoms with Crippen molar-refractivity contribution < 1.29 is 13.9 Å². The lowest BCUT2D eigenvalue weighted by molar-refractivity contribution is 0.272. The van der Waals surface area contributed by atoms with Gasteiger partial charge in [0.25, 0.3) is 5.88 Å². The molecule has 0 aliphatic rings. The van der Waals surface area contributed by atoms with Crippen molar-refractivity contribution in [3.63, 3.8) is 0 Å². The number of rotatable bonds is 12. The lowest BCUT2D eigenvalue weighted by Crippen LogP contribution is -2.01. The molecule has 0 aliphatic carbocycles. The lowest BCUT2D eigenvalue weighted by Gasteiger charge is -2.12. The summed E-state index contributed by atoms with van der Waals surface area (Å²) in [5, 5.41) is 13.5. The van der Waals surface area contributed by atoms with Crippen LogP contribution in [0.1, 0.15) is 76.4 Å². The fourth-order valence-electron chi connectivity index (χ4n) is 2.79. The number of hydrazone groups is 1. The predicted octanol–water partition coefficient (Wildman–Crippen LogP) is 5.47. The zero-order chi connectivity index (χ0) is 21.1. The highest BCUT2D eigenvalue weighted by Crippen LogP contribution is 2.29. The van der Waals surface area contributed by atoms with Crippen LogP contribution in [0.2, 0.25) is 0 Å². The van der Waals surface area contributed by atoms with E-state index in [0.29, 0.717) is 24.9 Å². The summed E-state index contributed by atoms with van der Waals surface area (Å²) in [5.41, 5.74) is 3.83. The van der Waals surface area contributed by atoms with Crippen molar-refractivity contribution >= 4 is 12.1 Å². The average molecular weight is 399 g/mol. The molecule has 0 radical (unpaired) electrons. The van der Waals surface area contributed by atoms with Crippen LogP contribution in [0, 0.1) is 11.3 Å². The quantitative estimate of drug-likeness (QED) is 0.289. The molecular weight excluding hydrogens is 368 g/mol. The van der Waals surface area contributed by atoms with Crippen molar-refractivity contribution in [2.45, 2.75) is 59.3 Å². The van der Waals surface area contributed by atoms with Crippen LogP contribution in [0.25, 0.3) is 0 Å². The predicted molar refractivity (Wildman–Crippen MR) is 114 cm³/mol. The lowest BCUT2D eigenvalue weighted by atomic mass is 10.0. The minimum absolute atomic E-state index is 0.190. The van der Waals surface area contributed by atoms with Gasteiger partial charge in [-0.05, 0) is 49.9 Å². The molecule has 156 valence electrons. The van der Waals surface area contributed by atoms with Gasteiger partial charge in [-0.1, -0.05) is 27.2 Å². The molecule has 7 heteroatoms. The van der Waals surface area contributed by atoms with E-state index in [1.54, 1.807) is 6.21 Å². The SMILES string of the molecule is CCCCOc1ccc(/C=N/Nc2oc(C(CC)CC)nc2C#N)cc1OCC. The first kappa shape index (κ1) is 22.3. The van der Waals surface area contributed by atoms with Crippen LogP contribution >= 0.6 is 0 Å². The Hall–Kier alpha value is -3.01. The first-order chi connectivity index (χ1) is 14.2. The molecule has 29 heavy (non-hydrogen) atoms. The Balaban J connectivity index is 2.11. The van der Waals surface area contributed by atoms with Gasteiger partial charge in [-0.15, -0.1) is 0 Å². The maximum atomic E-state index is 9.30. The molecule has 0 atom stereocenters. The van der Waals surface area contributed by atoms with Gasteiger partial charge < -0.3 is 13.9 Å². The minimum atomic E-state index is 0.190. The van der Waals surface area contributed by atoms with Gasteiger partial charge in [0.1, 0.15) is 6.07 Å². The number of nitrogens with one attached hydrogen (secondary N) is 1. The highest BCUT2D eigenvalue weighted by Gasteiger charge is 2.18. The summed E-state index contributed by atoms with van der Waals surface area (Å²) in [6.45, 7) is 9.41. The van der Waals surface area contributed by atoms with E-state index >= 15 is 0 Å². The van der Waals surface area contributed by atoms with Gasteiger partial charge >= 0.3 is 0 Å². The number of benzene rings is 1. The molecule has 1 aromatic heterocycles. The van der Waals surface area contributed by atoms with Crippen LogP contribution < -0.4 is 14.9 Å². The van der Waals surface area contributed by atoms with E-state index in [4.69, 9.17) is 13.9 Å². The molecule has 0 saturated heterocycles. The maximum Gasteiger partial charge on any atom is 0.252 e. The van der Waals surface area contributed by atoms with E-state index in [2.05, 4.69) is 36.3 Å². The van der Waals surface area contributed by atoms with Crippen molar-refractivity contribution in [2.24, 2.45) is 5.10 Å². The molecule has 0 spiro atoms. The number of hydrogen-bond acceptors (Lipinski definition) is 7. The van der Waals surface area contributed by atoms with Gasteiger partial charge in [-0.2, -0.15) is 10.4 Å². The molecule has 0 saturated carbocycles. The Morgan fingerprint density at radius 2 is 2.00 bits per heavy atom. The van der Waals surface area contributed by atoms with E-state index in [9.17, 15) is 5.26 Å². The topological polar surface area (TPSA) is 92.7 Å². The molecule has 1 heterocycles. The van der Waals surface area contributed by atoms with Gasteiger partial charge in [0.15, 0.2) is 11.5 Å². The largest absolute Gasteiger partial charge is 0.490 e. The third-order valence-electron chi connectivity index (χ3n) is 4.49. The molecule has 0 aliphatic heterocycles. The molecule has 7 nitrogen and oxygen atoms in total. The minimum Gasteiger partial charge on any atom is -0.490 e. The highest BCUT2D eigenvalue weighted by molar-refractivity contribution is 5.81. The Bertz CT molecular complexity index is 835. The second kappa shape index (κ2) is 11.7. The first-order valence-electron chi connectivity index (χ1n) is 10.3. The van der Waals surface area contributed by atoms with Crippen LogP contribution in [0.4, 0.5) is 5.88 Å². The van der Waals surface area contributed by atoms with Crippen LogP contribution in [0.5, 0.6) is 11.5 Å². The number of aromatic nitrogens is 1. The monoisotopic (exact) mass is 398 g/mol. The Morgan fingerprint density at radius 1 is 1.21 bits per heavy atom. The van der Waals surface area contributed by atoms with Crippen molar-refractivity contribution in [1.82, 2.24) is 4.98 Å². The van der Waals surface area contributed by atoms with Gasteiger partial charge in [0.05, 0.1) is 19.4 Å². The first-order valence-corrected chi connectivity index (χ1v) is 10.3. The summed E-state index contributed by atoms with van der Waals surface area (Å²) < 4.78 is 17.2. The molecule has 1 N–H and O–H groups in total. The van der Waals surface area contributed by atoms with E-state index in [-0.39, 0.29) is 17.5 Å². The molecular formula is C22H30N4O3. The summed E-state index contributed by atoms with van der Waals surface area (Å²) in [5.74, 6) is 2.42. The van der Waals surface area contributed by atoms with Crippen LogP contribution in [0.15, 0.2) is 27.7 Å². The van der Waals surface area contributed by atoms with Crippen LogP contribution in [0.3, 0.4) is 0 Å². The summed E-state index contributed by atoms with van der Waals surface area (Å²) in [7, 11) is 0. The third kappa shape index (κ3) is 6.24. The normalized spacial score (nSPS) is 11.0. The van der Waals surface area contributed by atoms with Gasteiger partial charge in [0.2, 0.25) is 11.6 Å². The fourth-order valence-corrected chi connectivity index (χ4v) is 2.79. The molecule has 2 aromatic rings. The van der Waals surface area contributed by atoms with E-state index in [1.807, 2.05) is 31.2 Å². The number of oxazole rings is 1. The molecule has 0 unspecified atom stereocenters. The molecule has 0 amide bonds. The molecule has 1 aromatic carbocycles. The van der Waals surface area contributed by atoms with E-state index in [1.165, 1.54) is 0 Å². The van der Waals surface area contributed by atoms with Gasteiger partial charge in [-0.3, -0.25) is 0 Å². The number of anilines is 1. The van der Waals surface area contributed by atoms with Crippen molar-refractivity contribution in [3.8, 4) is 17.6 Å². The summed E-state index contributed by atoms with van der Waals surface area (Å²) in [6.07, 6.45) is 5.51. The summed E-state index contributed by atoms with van der Waals surface area (Å²) in [4.78, 5) is 4.28. The Morgan fingerprint density at radius 3 is 2.66 bits per heavy atom. The van der Waals surface area contributed by atoms with Crippen molar-refractivity contribution in [2.75, 3.05) is 18.6 Å². The number of nitrogens with zero attached hydrogens (tertiary/aromatic N) is 3. The van der Waals surface area contributed by atoms with E-state index < -0.39 is 0 Å². The zero-order valence-electron chi connectivity index (χ0n) is 17.7. The van der Waals surface area contributed by atoms with E-state index in [0.717, 1.165) is 37.0 Å². The van der Waals surface area contributed by atoms with Crippen molar-refractivity contribution in [1.29, 1.82) is 5.26 Å². The molecule has 0 fully saturated rings. The number of ether oxygens (including phenoxy) is 2. The highest BCUT2D eigenvalue weighted by atomic mass is 16.5. The van der Waals surface area contributed by atoms with Crippen LogP contribution in [-0.4, -0.2) is 24.4 Å². The second-order valence-electron chi connectivity index (χ2n) is 6.57. The average Bonchev–Trinajstić information content (AvgIpc) is 3.14. The van der Waals surface area contributed by atoms with Gasteiger partial charge in [0, 0.05) is 5.92 Å². The standard InChI is InChI=1S/C22H30N4O3/c1-5-9-12-28-19-11-10-16(13-20(19)27-8-4)15-24-26-22-18(14-23)25-21(29-22)17(6-2)7-3/h10-11,13,15,17,26H,5-9,12H2,1-4H3/b24-15+. The third-order valence-corrected chi connectivity index (χ3v) is 4.49. The summed E-state index contributed by atoms with van der Waals surface area (Å²) >= 11 is 0. The molecule has 2 rings (SSSR count). The summed E-state index contributed by atoms with van der Waals surface area (Å²) in [6, 6.07) is 7.70. The number of nitriles is 1. The molecule has 0 bridgehead atoms. The number of hydrogen-bond donors (Lipinski definition) is 1. The van der Waals surface area contributed by atoms with Crippen molar-refractivity contribution in [3.05, 3.63) is 35.3 Å². The Kier molecular flexibility index (Phi) is 9.03. The maximum absolute atomic E-state index is 9.30. The number of unbranched alkanes of at least 4 members (excludes halogenated alkanes) is 1. The van der Waals surface area contributed by atoms with Gasteiger partial charge in [-0.25, -0.2) is 10.4 Å². The fraction of sp³-hybridized carbons (Fsp3) is 0.500. The van der Waals surface area contributed by atoms with Crippen LogP contribution in [-0.2, 0) is 0 Å². The Labute approximate surface area is 172 Å². The smallest absolute Gasteiger partial charge is 0.252 e. The second-order valence-corrected chi connectivity index (χ2v) is 6.57. The zero-order valence-corrected chi connectivity index (χ0v) is 17.7.